The summed E-state index contributed by atoms with van der Waals surface area (Å²) in [5.41, 5.74) is 0.714. The highest BCUT2D eigenvalue weighted by Crippen LogP contribution is 2.71. The van der Waals surface area contributed by atoms with E-state index in [0.29, 0.717) is 38.2 Å². The molecule has 3 fully saturated rings. The van der Waals surface area contributed by atoms with Crippen molar-refractivity contribution in [2.24, 2.45) is 11.8 Å². The zero-order chi connectivity index (χ0) is 29.2. The number of likely N-dealkylation sites (tertiary alicyclic amines) is 1. The molecule has 0 aliphatic carbocycles. The van der Waals surface area contributed by atoms with Crippen molar-refractivity contribution in [3.05, 3.63) is 49.6 Å². The van der Waals surface area contributed by atoms with Crippen LogP contribution in [0.2, 0.25) is 0 Å². The number of fused-ring (bicyclic) bond motifs is 1. The van der Waals surface area contributed by atoms with E-state index in [9.17, 15) is 19.5 Å². The molecule has 3 saturated heterocycles. The molecule has 0 radical (unpaired) electrons. The molecule has 4 rings (SSSR count). The number of benzene rings is 1. The molecule has 3 aliphatic rings. The number of nitrogens with zero attached hydrogens (tertiary/aromatic N) is 3. The quantitative estimate of drug-likeness (QED) is 0.363. The van der Waals surface area contributed by atoms with Gasteiger partial charge in [0.25, 0.3) is 0 Å². The second kappa shape index (κ2) is 12.0. The van der Waals surface area contributed by atoms with Crippen molar-refractivity contribution in [3.8, 4) is 5.75 Å². The predicted molar refractivity (Wildman–Crippen MR) is 159 cm³/mol. The van der Waals surface area contributed by atoms with Gasteiger partial charge in [0.2, 0.25) is 17.7 Å². The van der Waals surface area contributed by atoms with Crippen LogP contribution in [0.3, 0.4) is 0 Å². The number of thioether (sulfide) groups is 1. The molecule has 3 amide bonds. The third-order valence-corrected chi connectivity index (χ3v) is 10.6. The van der Waals surface area contributed by atoms with Gasteiger partial charge in [-0.25, -0.2) is 0 Å². The first-order chi connectivity index (χ1) is 19.1. The number of carbonyl (C=O) groups is 3. The molecule has 1 aromatic rings. The Morgan fingerprint density at radius 3 is 2.42 bits per heavy atom. The van der Waals surface area contributed by atoms with Gasteiger partial charge in [0, 0.05) is 42.7 Å². The zero-order valence-corrected chi connectivity index (χ0v) is 25.0. The van der Waals surface area contributed by atoms with Gasteiger partial charge in [-0.15, -0.1) is 24.9 Å². The van der Waals surface area contributed by atoms with E-state index in [-0.39, 0.29) is 36.9 Å². The second-order valence-electron chi connectivity index (χ2n) is 11.4. The third kappa shape index (κ3) is 4.96. The Morgan fingerprint density at radius 2 is 1.85 bits per heavy atom. The molecular weight excluding hydrogens is 526 g/mol. The highest BCUT2D eigenvalue weighted by Gasteiger charge is 2.77. The van der Waals surface area contributed by atoms with Crippen LogP contribution in [-0.2, 0) is 14.4 Å². The molecule has 3 heterocycles. The molecular formula is C31H43N3O5S. The largest absolute Gasteiger partial charge is 0.494 e. The molecule has 9 heteroatoms. The normalized spacial score (nSPS) is 28.5. The Labute approximate surface area is 242 Å². The number of aliphatic hydroxyl groups is 1. The summed E-state index contributed by atoms with van der Waals surface area (Å²) in [6, 6.07) is 6.63. The number of hydrogen-bond donors (Lipinski definition) is 1. The van der Waals surface area contributed by atoms with Crippen LogP contribution in [-0.4, -0.2) is 87.1 Å². The van der Waals surface area contributed by atoms with E-state index in [0.717, 1.165) is 12.2 Å². The fraction of sp³-hybridized carbons (Fsp3) is 0.581. The Morgan fingerprint density at radius 1 is 1.18 bits per heavy atom. The minimum Gasteiger partial charge on any atom is -0.494 e. The van der Waals surface area contributed by atoms with E-state index in [2.05, 4.69) is 20.1 Å². The SMILES string of the molecule is C=CCN(C(=O)[C@@H]1[C@H]2C(=O)N(CCCO)C(C(=O)N(CC=C)C(C)C)C23CC[C@@]1(C)S3)c1ccc(OCC)cc1. The zero-order valence-electron chi connectivity index (χ0n) is 24.2. The maximum atomic E-state index is 14.5. The highest BCUT2D eigenvalue weighted by atomic mass is 32.2. The Hall–Kier alpha value is -2.78. The van der Waals surface area contributed by atoms with E-state index in [1.807, 2.05) is 45.0 Å². The summed E-state index contributed by atoms with van der Waals surface area (Å²) in [4.78, 5) is 48.1. The molecule has 40 heavy (non-hydrogen) atoms. The van der Waals surface area contributed by atoms with Crippen LogP contribution in [0.25, 0.3) is 0 Å². The number of ether oxygens (including phenoxy) is 1. The standard InChI is InChI=1S/C31H43N3O5S/c1-7-17-32(21(4)5)29(38)26-31-16-15-30(6,40-31)24(25(31)28(37)34(26)19-10-20-35)27(36)33(18-8-2)22-11-13-23(14-12-22)39-9-3/h7-8,11-14,21,24-26,35H,1-2,9-10,15-20H2,3-6H3/t24-,25-,26?,30+,31?/m0/s1. The maximum absolute atomic E-state index is 14.5. The molecule has 1 aromatic carbocycles. The van der Waals surface area contributed by atoms with E-state index in [4.69, 9.17) is 4.74 Å². The van der Waals surface area contributed by atoms with Crippen molar-refractivity contribution in [1.29, 1.82) is 0 Å². The Bertz CT molecular complexity index is 1140. The van der Waals surface area contributed by atoms with Gasteiger partial charge in [0.05, 0.1) is 23.2 Å². The van der Waals surface area contributed by atoms with Crippen LogP contribution < -0.4 is 9.64 Å². The van der Waals surface area contributed by atoms with Crippen LogP contribution in [0.5, 0.6) is 5.75 Å². The summed E-state index contributed by atoms with van der Waals surface area (Å²) in [5, 5.41) is 9.61. The molecule has 3 aliphatic heterocycles. The summed E-state index contributed by atoms with van der Waals surface area (Å²) < 4.78 is 4.40. The van der Waals surface area contributed by atoms with Crippen molar-refractivity contribution >= 4 is 35.2 Å². The molecule has 1 spiro atoms. The Kier molecular flexibility index (Phi) is 9.05. The van der Waals surface area contributed by atoms with E-state index >= 15 is 0 Å². The van der Waals surface area contributed by atoms with Gasteiger partial charge in [0.1, 0.15) is 11.8 Å². The molecule has 2 bridgehead atoms. The molecule has 5 atom stereocenters. The first kappa shape index (κ1) is 30.2. The summed E-state index contributed by atoms with van der Waals surface area (Å²) in [7, 11) is 0. The number of aliphatic hydroxyl groups excluding tert-OH is 1. The van der Waals surface area contributed by atoms with Crippen LogP contribution in [0, 0.1) is 11.8 Å². The fourth-order valence-electron chi connectivity index (χ4n) is 6.92. The lowest BCUT2D eigenvalue weighted by atomic mass is 9.66. The molecule has 8 nitrogen and oxygen atoms in total. The predicted octanol–water partition coefficient (Wildman–Crippen LogP) is 3.89. The van der Waals surface area contributed by atoms with Crippen molar-refractivity contribution in [3.63, 3.8) is 0 Å². The average molecular weight is 570 g/mol. The second-order valence-corrected chi connectivity index (χ2v) is 13.3. The molecule has 0 saturated carbocycles. The highest BCUT2D eigenvalue weighted by molar-refractivity contribution is 8.02. The molecule has 1 N–H and O–H groups in total. The lowest BCUT2D eigenvalue weighted by Gasteiger charge is -2.39. The summed E-state index contributed by atoms with van der Waals surface area (Å²) in [5.74, 6) is -0.881. The van der Waals surface area contributed by atoms with Crippen LogP contribution in [0.1, 0.15) is 47.0 Å². The van der Waals surface area contributed by atoms with Gasteiger partial charge in [-0.05, 0) is 71.2 Å². The van der Waals surface area contributed by atoms with E-state index in [1.165, 1.54) is 0 Å². The lowest BCUT2D eigenvalue weighted by molar-refractivity contribution is -0.143. The topological polar surface area (TPSA) is 90.4 Å². The average Bonchev–Trinajstić information content (AvgIpc) is 3.49. The van der Waals surface area contributed by atoms with Crippen molar-refractivity contribution in [2.45, 2.75) is 68.5 Å². The molecule has 218 valence electrons. The third-order valence-electron chi connectivity index (χ3n) is 8.60. The van der Waals surface area contributed by atoms with Gasteiger partial charge in [-0.1, -0.05) is 12.2 Å². The van der Waals surface area contributed by atoms with Crippen LogP contribution in [0.4, 0.5) is 5.69 Å². The van der Waals surface area contributed by atoms with Crippen LogP contribution in [0.15, 0.2) is 49.6 Å². The fourth-order valence-corrected chi connectivity index (χ4v) is 9.27. The van der Waals surface area contributed by atoms with Gasteiger partial charge in [-0.2, -0.15) is 0 Å². The summed E-state index contributed by atoms with van der Waals surface area (Å²) >= 11 is 1.66. The van der Waals surface area contributed by atoms with Gasteiger partial charge in [-0.3, -0.25) is 14.4 Å². The van der Waals surface area contributed by atoms with Gasteiger partial charge >= 0.3 is 0 Å². The van der Waals surface area contributed by atoms with Crippen LogP contribution >= 0.6 is 11.8 Å². The van der Waals surface area contributed by atoms with E-state index in [1.54, 1.807) is 38.6 Å². The number of carbonyl (C=O) groups excluding carboxylic acids is 3. The van der Waals surface area contributed by atoms with Gasteiger partial charge < -0.3 is 24.5 Å². The van der Waals surface area contributed by atoms with Crippen molar-refractivity contribution in [1.82, 2.24) is 9.80 Å². The minimum atomic E-state index is -0.703. The lowest BCUT2D eigenvalue weighted by Crippen LogP contribution is -2.56. The number of amides is 3. The Balaban J connectivity index is 1.76. The minimum absolute atomic E-state index is 0.0740. The number of rotatable bonds is 13. The molecule has 0 aromatic heterocycles. The summed E-state index contributed by atoms with van der Waals surface area (Å²) in [6.07, 6.45) is 5.20. The maximum Gasteiger partial charge on any atom is 0.247 e. The monoisotopic (exact) mass is 569 g/mol. The molecule has 2 unspecified atom stereocenters. The first-order valence-corrected chi connectivity index (χ1v) is 15.1. The van der Waals surface area contributed by atoms with E-state index < -0.39 is 27.4 Å². The van der Waals surface area contributed by atoms with Crippen molar-refractivity contribution < 1.29 is 24.2 Å². The van der Waals surface area contributed by atoms with Gasteiger partial charge in [0.15, 0.2) is 0 Å². The number of anilines is 1. The summed E-state index contributed by atoms with van der Waals surface area (Å²) in [6.45, 7) is 17.1. The van der Waals surface area contributed by atoms with Crippen molar-refractivity contribution in [2.75, 3.05) is 37.7 Å². The smallest absolute Gasteiger partial charge is 0.247 e. The number of hydrogen-bond acceptors (Lipinski definition) is 6. The first-order valence-electron chi connectivity index (χ1n) is 14.3.